The van der Waals surface area contributed by atoms with Crippen LogP contribution in [0.5, 0.6) is 0 Å². The molecule has 0 aromatic carbocycles. The van der Waals surface area contributed by atoms with Gasteiger partial charge in [0.05, 0.1) is 23.2 Å². The van der Waals surface area contributed by atoms with E-state index in [0.717, 1.165) is 6.20 Å². The Balaban J connectivity index is 1.32. The van der Waals surface area contributed by atoms with Crippen molar-refractivity contribution in [2.45, 2.75) is 74.5 Å². The number of rotatable bonds is 6. The molecule has 3 aliphatic rings. The largest absolute Gasteiger partial charge is 0.419 e. The monoisotopic (exact) mass is 499 g/mol. The molecule has 2 aromatic heterocycles. The smallest absolute Gasteiger partial charge is 0.351 e. The molecule has 0 radical (unpaired) electrons. The van der Waals surface area contributed by atoms with Crippen LogP contribution in [-0.2, 0) is 16.2 Å². The summed E-state index contributed by atoms with van der Waals surface area (Å²) in [5.41, 5.74) is 4.86. The van der Waals surface area contributed by atoms with Crippen molar-refractivity contribution >= 4 is 16.0 Å². The van der Waals surface area contributed by atoms with E-state index in [-0.39, 0.29) is 40.1 Å². The third-order valence-corrected chi connectivity index (χ3v) is 9.24. The summed E-state index contributed by atoms with van der Waals surface area (Å²) in [4.78, 5) is 8.10. The van der Waals surface area contributed by atoms with Crippen LogP contribution in [0.1, 0.15) is 57.1 Å². The number of aromatic nitrogens is 4. The highest BCUT2D eigenvalue weighted by Gasteiger charge is 2.42. The van der Waals surface area contributed by atoms with Gasteiger partial charge in [-0.25, -0.2) is 22.7 Å². The Kier molecular flexibility index (Phi) is 5.64. The lowest BCUT2D eigenvalue weighted by Crippen LogP contribution is -2.49. The van der Waals surface area contributed by atoms with E-state index in [1.165, 1.54) is 10.5 Å². The van der Waals surface area contributed by atoms with E-state index < -0.39 is 21.8 Å². The number of sulfonamides is 1. The first kappa shape index (κ1) is 23.5. The van der Waals surface area contributed by atoms with Gasteiger partial charge in [-0.3, -0.25) is 4.68 Å². The average Bonchev–Trinajstić information content (AvgIpc) is 3.50. The maximum absolute atomic E-state index is 13.7. The van der Waals surface area contributed by atoms with Crippen LogP contribution in [0.4, 0.5) is 19.1 Å². The molecule has 1 aliphatic heterocycles. The standard InChI is InChI=1S/C21H28F3N7O2S/c1-20(25)8-15(9-20)31-12-13(10-27-31)18-17(21(22,23)24)11-26-19(29-18)28-14-4-6-30(7-5-14)34(32,33)16-2-3-16/h10-12,14-16H,2-9,25H2,1H3,(H,26,28,29)/t15-,20+. The molecule has 13 heteroatoms. The molecule has 2 aliphatic carbocycles. The van der Waals surface area contributed by atoms with Gasteiger partial charge >= 0.3 is 6.18 Å². The maximum atomic E-state index is 13.7. The number of hydrogen-bond donors (Lipinski definition) is 2. The second kappa shape index (κ2) is 8.16. The molecule has 2 aromatic rings. The molecule has 0 amide bonds. The Morgan fingerprint density at radius 1 is 1.15 bits per heavy atom. The number of piperidine rings is 1. The number of halogens is 3. The van der Waals surface area contributed by atoms with Crippen LogP contribution in [-0.4, -0.2) is 62.4 Å². The Bertz CT molecular complexity index is 1160. The minimum absolute atomic E-state index is 0.0506. The number of hydrogen-bond acceptors (Lipinski definition) is 7. The van der Waals surface area contributed by atoms with Crippen molar-refractivity contribution in [3.63, 3.8) is 0 Å². The lowest BCUT2D eigenvalue weighted by Gasteiger charge is -2.42. The van der Waals surface area contributed by atoms with Gasteiger partial charge in [0, 0.05) is 42.6 Å². The Morgan fingerprint density at radius 3 is 2.41 bits per heavy atom. The number of anilines is 1. The van der Waals surface area contributed by atoms with Gasteiger partial charge in [-0.05, 0) is 45.4 Å². The molecule has 0 bridgehead atoms. The van der Waals surface area contributed by atoms with Gasteiger partial charge < -0.3 is 11.1 Å². The number of nitrogens with one attached hydrogen (secondary N) is 1. The summed E-state index contributed by atoms with van der Waals surface area (Å²) in [5, 5.41) is 7.09. The topological polar surface area (TPSA) is 119 Å². The molecule has 0 unspecified atom stereocenters. The summed E-state index contributed by atoms with van der Waals surface area (Å²) in [6, 6.07) is -0.0789. The van der Waals surface area contributed by atoms with Gasteiger partial charge in [-0.2, -0.15) is 18.3 Å². The van der Waals surface area contributed by atoms with Crippen LogP contribution < -0.4 is 11.1 Å². The summed E-state index contributed by atoms with van der Waals surface area (Å²) in [5.74, 6) is 0.0810. The maximum Gasteiger partial charge on any atom is 0.419 e. The zero-order valence-corrected chi connectivity index (χ0v) is 19.6. The quantitative estimate of drug-likeness (QED) is 0.627. The second-order valence-electron chi connectivity index (χ2n) is 9.94. The van der Waals surface area contributed by atoms with Crippen molar-refractivity contribution in [1.29, 1.82) is 0 Å². The fourth-order valence-corrected chi connectivity index (χ4v) is 6.63. The molecule has 2 saturated carbocycles. The van der Waals surface area contributed by atoms with E-state index in [0.29, 0.717) is 51.6 Å². The molecular formula is C21H28F3N7O2S. The summed E-state index contributed by atoms with van der Waals surface area (Å²) in [6.07, 6.45) is 3.01. The molecule has 34 heavy (non-hydrogen) atoms. The minimum atomic E-state index is -4.62. The van der Waals surface area contributed by atoms with Gasteiger partial charge in [0.15, 0.2) is 0 Å². The lowest BCUT2D eigenvalue weighted by atomic mass is 9.75. The van der Waals surface area contributed by atoms with Crippen molar-refractivity contribution in [3.8, 4) is 11.3 Å². The van der Waals surface area contributed by atoms with Crippen LogP contribution >= 0.6 is 0 Å². The fraction of sp³-hybridized carbons (Fsp3) is 0.667. The first-order valence-corrected chi connectivity index (χ1v) is 13.0. The van der Waals surface area contributed by atoms with Gasteiger partial charge in [0.1, 0.15) is 5.56 Å². The number of nitrogens with two attached hydrogens (primary N) is 1. The molecule has 0 spiro atoms. The summed E-state index contributed by atoms with van der Waals surface area (Å²) < 4.78 is 69.1. The first-order chi connectivity index (χ1) is 15.9. The molecule has 0 atom stereocenters. The van der Waals surface area contributed by atoms with E-state index in [2.05, 4.69) is 20.4 Å². The zero-order chi connectivity index (χ0) is 24.3. The summed E-state index contributed by atoms with van der Waals surface area (Å²) in [7, 11) is -3.23. The van der Waals surface area contributed by atoms with E-state index in [1.54, 1.807) is 10.9 Å². The molecule has 5 rings (SSSR count). The second-order valence-corrected chi connectivity index (χ2v) is 12.2. The van der Waals surface area contributed by atoms with Crippen LogP contribution in [0.2, 0.25) is 0 Å². The van der Waals surface area contributed by atoms with Gasteiger partial charge in [0.25, 0.3) is 0 Å². The third-order valence-electron chi connectivity index (χ3n) is 6.84. The highest BCUT2D eigenvalue weighted by atomic mass is 32.2. The van der Waals surface area contributed by atoms with Crippen LogP contribution in [0.15, 0.2) is 18.6 Å². The highest BCUT2D eigenvalue weighted by Crippen LogP contribution is 2.41. The van der Waals surface area contributed by atoms with Crippen LogP contribution in [0, 0.1) is 0 Å². The van der Waals surface area contributed by atoms with Gasteiger partial charge in [0.2, 0.25) is 16.0 Å². The predicted octanol–water partition coefficient (Wildman–Crippen LogP) is 2.78. The van der Waals surface area contributed by atoms with Gasteiger partial charge in [-0.1, -0.05) is 0 Å². The predicted molar refractivity (Wildman–Crippen MR) is 119 cm³/mol. The highest BCUT2D eigenvalue weighted by molar-refractivity contribution is 7.90. The SMILES string of the molecule is C[C@]1(N)C[C@@H](n2cc(-c3nc(NC4CCN(S(=O)(=O)C5CC5)CC4)ncc3C(F)(F)F)cn2)C1. The molecule has 1 saturated heterocycles. The Morgan fingerprint density at radius 2 is 1.82 bits per heavy atom. The van der Waals surface area contributed by atoms with Crippen molar-refractivity contribution in [2.75, 3.05) is 18.4 Å². The van der Waals surface area contributed by atoms with E-state index in [1.807, 2.05) is 6.92 Å². The van der Waals surface area contributed by atoms with Crippen molar-refractivity contribution in [1.82, 2.24) is 24.1 Å². The zero-order valence-electron chi connectivity index (χ0n) is 18.8. The average molecular weight is 500 g/mol. The minimum Gasteiger partial charge on any atom is -0.351 e. The Labute approximate surface area is 196 Å². The number of nitrogens with zero attached hydrogens (tertiary/aromatic N) is 5. The van der Waals surface area contributed by atoms with Gasteiger partial charge in [-0.15, -0.1) is 0 Å². The van der Waals surface area contributed by atoms with Crippen LogP contribution in [0.3, 0.4) is 0 Å². The summed E-state index contributed by atoms with van der Waals surface area (Å²) in [6.45, 7) is 2.68. The van der Waals surface area contributed by atoms with E-state index in [9.17, 15) is 21.6 Å². The lowest BCUT2D eigenvalue weighted by molar-refractivity contribution is -0.137. The fourth-order valence-electron chi connectivity index (χ4n) is 4.76. The van der Waals surface area contributed by atoms with Crippen LogP contribution in [0.25, 0.3) is 11.3 Å². The normalized spacial score (nSPS) is 26.9. The first-order valence-electron chi connectivity index (χ1n) is 11.5. The van der Waals surface area contributed by atoms with E-state index in [4.69, 9.17) is 5.73 Å². The molecule has 3 N–H and O–H groups in total. The van der Waals surface area contributed by atoms with E-state index >= 15 is 0 Å². The van der Waals surface area contributed by atoms with Crippen molar-refractivity contribution in [2.24, 2.45) is 5.73 Å². The molecule has 9 nitrogen and oxygen atoms in total. The van der Waals surface area contributed by atoms with Crippen molar-refractivity contribution < 1.29 is 21.6 Å². The van der Waals surface area contributed by atoms with Crippen molar-refractivity contribution in [3.05, 3.63) is 24.2 Å². The number of alkyl halides is 3. The molecular weight excluding hydrogens is 471 g/mol. The summed E-state index contributed by atoms with van der Waals surface area (Å²) >= 11 is 0. The molecule has 3 heterocycles. The molecule has 3 fully saturated rings. The Hall–Kier alpha value is -2.25. The third kappa shape index (κ3) is 4.65. The molecule has 186 valence electrons.